The third kappa shape index (κ3) is 2.38. The second kappa shape index (κ2) is 4.32. The van der Waals surface area contributed by atoms with Crippen molar-refractivity contribution < 1.29 is 4.79 Å². The number of anilines is 1. The molecule has 1 heterocycles. The van der Waals surface area contributed by atoms with Gasteiger partial charge in [0.15, 0.2) is 5.16 Å². The van der Waals surface area contributed by atoms with Gasteiger partial charge in [0.1, 0.15) is 0 Å². The van der Waals surface area contributed by atoms with Gasteiger partial charge in [0.05, 0.1) is 0 Å². The van der Waals surface area contributed by atoms with Crippen molar-refractivity contribution in [2.24, 2.45) is 18.7 Å². The number of nitrogen functional groups attached to an aromatic ring is 1. The Labute approximate surface area is 86.0 Å². The molecule has 0 saturated heterocycles. The van der Waals surface area contributed by atoms with E-state index in [0.29, 0.717) is 16.9 Å². The van der Waals surface area contributed by atoms with Gasteiger partial charge < -0.3 is 11.5 Å². The topological polar surface area (TPSA) is 99.8 Å². The van der Waals surface area contributed by atoms with Gasteiger partial charge in [0.2, 0.25) is 11.9 Å². The Hall–Kier alpha value is -1.24. The number of thioether (sulfide) groups is 1. The standard InChI is InChI=1S/C7H13N5OS/c1-4(5(8)13)3-14-7-11-10-6(9)12(7)2/h4H,3H2,1-2H3,(H2,8,13)(H2,9,10). The zero-order valence-corrected chi connectivity index (χ0v) is 8.91. The third-order valence-electron chi connectivity index (χ3n) is 1.82. The summed E-state index contributed by atoms with van der Waals surface area (Å²) in [6.07, 6.45) is 0. The maximum atomic E-state index is 10.8. The number of carbonyl (C=O) groups is 1. The van der Waals surface area contributed by atoms with Gasteiger partial charge in [-0.05, 0) is 0 Å². The quantitative estimate of drug-likeness (QED) is 0.666. The largest absolute Gasteiger partial charge is 0.369 e. The number of nitrogens with zero attached hydrogens (tertiary/aromatic N) is 3. The lowest BCUT2D eigenvalue weighted by Crippen LogP contribution is -2.22. The van der Waals surface area contributed by atoms with Crippen LogP contribution in [-0.4, -0.2) is 26.4 Å². The third-order valence-corrected chi connectivity index (χ3v) is 3.10. The van der Waals surface area contributed by atoms with Crippen LogP contribution in [0.3, 0.4) is 0 Å². The Morgan fingerprint density at radius 2 is 2.29 bits per heavy atom. The van der Waals surface area contributed by atoms with Crippen molar-refractivity contribution in [1.29, 1.82) is 0 Å². The van der Waals surface area contributed by atoms with Gasteiger partial charge in [-0.15, -0.1) is 10.2 Å². The summed E-state index contributed by atoms with van der Waals surface area (Å²) in [5.41, 5.74) is 10.6. The number of hydrogen-bond acceptors (Lipinski definition) is 5. The second-order valence-corrected chi connectivity index (χ2v) is 4.00. The highest BCUT2D eigenvalue weighted by atomic mass is 32.2. The predicted molar refractivity (Wildman–Crippen MR) is 54.5 cm³/mol. The number of carbonyl (C=O) groups excluding carboxylic acids is 1. The average Bonchev–Trinajstić information content (AvgIpc) is 2.44. The van der Waals surface area contributed by atoms with Crippen molar-refractivity contribution in [3.63, 3.8) is 0 Å². The maximum absolute atomic E-state index is 10.8. The Kier molecular flexibility index (Phi) is 3.34. The van der Waals surface area contributed by atoms with Crippen LogP contribution in [0.25, 0.3) is 0 Å². The molecule has 7 heteroatoms. The second-order valence-electron chi connectivity index (χ2n) is 3.01. The summed E-state index contributed by atoms with van der Waals surface area (Å²) in [5, 5.41) is 8.23. The van der Waals surface area contributed by atoms with Crippen LogP contribution >= 0.6 is 11.8 Å². The van der Waals surface area contributed by atoms with E-state index in [1.54, 1.807) is 18.5 Å². The van der Waals surface area contributed by atoms with Crippen molar-refractivity contribution in [1.82, 2.24) is 14.8 Å². The number of primary amides is 1. The number of aromatic nitrogens is 3. The van der Waals surface area contributed by atoms with Crippen LogP contribution in [0.2, 0.25) is 0 Å². The fourth-order valence-electron chi connectivity index (χ4n) is 0.734. The van der Waals surface area contributed by atoms with Crippen molar-refractivity contribution in [3.05, 3.63) is 0 Å². The summed E-state index contributed by atoms with van der Waals surface area (Å²) < 4.78 is 1.67. The number of rotatable bonds is 4. The van der Waals surface area contributed by atoms with Gasteiger partial charge in [-0.2, -0.15) is 0 Å². The molecule has 1 atom stereocenters. The summed E-state index contributed by atoms with van der Waals surface area (Å²) >= 11 is 1.41. The molecular weight excluding hydrogens is 202 g/mol. The highest BCUT2D eigenvalue weighted by Gasteiger charge is 2.12. The van der Waals surface area contributed by atoms with E-state index in [9.17, 15) is 4.79 Å². The van der Waals surface area contributed by atoms with E-state index in [1.807, 2.05) is 0 Å². The molecule has 0 aliphatic heterocycles. The first-order chi connectivity index (χ1) is 6.52. The fourth-order valence-corrected chi connectivity index (χ4v) is 1.68. The molecule has 6 nitrogen and oxygen atoms in total. The molecule has 78 valence electrons. The molecule has 0 spiro atoms. The Balaban J connectivity index is 2.54. The lowest BCUT2D eigenvalue weighted by molar-refractivity contribution is -0.120. The summed E-state index contributed by atoms with van der Waals surface area (Å²) in [6, 6.07) is 0. The van der Waals surface area contributed by atoms with Crippen LogP contribution < -0.4 is 11.5 Å². The predicted octanol–water partition coefficient (Wildman–Crippen LogP) is -0.389. The van der Waals surface area contributed by atoms with Crippen LogP contribution in [0.15, 0.2) is 5.16 Å². The Bertz CT molecular complexity index is 337. The van der Waals surface area contributed by atoms with Gasteiger partial charge in [0, 0.05) is 18.7 Å². The summed E-state index contributed by atoms with van der Waals surface area (Å²) in [5.74, 6) is 0.450. The minimum atomic E-state index is -0.312. The Morgan fingerprint density at radius 1 is 1.64 bits per heavy atom. The number of nitrogens with two attached hydrogens (primary N) is 2. The molecular formula is C7H13N5OS. The number of amides is 1. The molecule has 1 rings (SSSR count). The van der Waals surface area contributed by atoms with Gasteiger partial charge in [-0.3, -0.25) is 9.36 Å². The molecule has 0 radical (unpaired) electrons. The van der Waals surface area contributed by atoms with Crippen molar-refractivity contribution in [2.45, 2.75) is 12.1 Å². The minimum absolute atomic E-state index is 0.182. The molecule has 1 aromatic rings. The van der Waals surface area contributed by atoms with Gasteiger partial charge in [-0.1, -0.05) is 18.7 Å². The van der Waals surface area contributed by atoms with Crippen LogP contribution in [0.4, 0.5) is 5.95 Å². The van der Waals surface area contributed by atoms with Crippen LogP contribution in [-0.2, 0) is 11.8 Å². The van der Waals surface area contributed by atoms with E-state index in [0.717, 1.165) is 0 Å². The maximum Gasteiger partial charge on any atom is 0.222 e. The highest BCUT2D eigenvalue weighted by molar-refractivity contribution is 7.99. The first-order valence-corrected chi connectivity index (χ1v) is 5.08. The Morgan fingerprint density at radius 3 is 2.71 bits per heavy atom. The van der Waals surface area contributed by atoms with Crippen molar-refractivity contribution in [3.8, 4) is 0 Å². The van der Waals surface area contributed by atoms with E-state index in [-0.39, 0.29) is 11.8 Å². The van der Waals surface area contributed by atoms with Gasteiger partial charge >= 0.3 is 0 Å². The normalized spacial score (nSPS) is 12.7. The summed E-state index contributed by atoms with van der Waals surface area (Å²) in [6.45, 7) is 1.77. The lowest BCUT2D eigenvalue weighted by Gasteiger charge is -2.05. The summed E-state index contributed by atoms with van der Waals surface area (Å²) in [4.78, 5) is 10.8. The highest BCUT2D eigenvalue weighted by Crippen LogP contribution is 2.18. The smallest absolute Gasteiger partial charge is 0.222 e. The van der Waals surface area contributed by atoms with Gasteiger partial charge in [-0.25, -0.2) is 0 Å². The minimum Gasteiger partial charge on any atom is -0.369 e. The molecule has 0 aromatic carbocycles. The monoisotopic (exact) mass is 215 g/mol. The molecule has 0 aliphatic carbocycles. The fraction of sp³-hybridized carbons (Fsp3) is 0.571. The molecule has 1 amide bonds. The first kappa shape index (κ1) is 10.8. The van der Waals surface area contributed by atoms with Crippen molar-refractivity contribution >= 4 is 23.6 Å². The van der Waals surface area contributed by atoms with Gasteiger partial charge in [0.25, 0.3) is 0 Å². The van der Waals surface area contributed by atoms with E-state index in [2.05, 4.69) is 10.2 Å². The van der Waals surface area contributed by atoms with E-state index in [4.69, 9.17) is 11.5 Å². The molecule has 4 N–H and O–H groups in total. The number of hydrogen-bond donors (Lipinski definition) is 2. The van der Waals surface area contributed by atoms with Crippen LogP contribution in [0.1, 0.15) is 6.92 Å². The molecule has 1 aromatic heterocycles. The van der Waals surface area contributed by atoms with Crippen LogP contribution in [0, 0.1) is 5.92 Å². The molecule has 14 heavy (non-hydrogen) atoms. The zero-order valence-electron chi connectivity index (χ0n) is 8.10. The van der Waals surface area contributed by atoms with Crippen molar-refractivity contribution in [2.75, 3.05) is 11.5 Å². The summed E-state index contributed by atoms with van der Waals surface area (Å²) in [7, 11) is 1.77. The first-order valence-electron chi connectivity index (χ1n) is 4.09. The van der Waals surface area contributed by atoms with E-state index in [1.165, 1.54) is 11.8 Å². The molecule has 0 fully saturated rings. The molecule has 0 aliphatic rings. The zero-order chi connectivity index (χ0) is 10.7. The molecule has 0 saturated carbocycles. The van der Waals surface area contributed by atoms with Crippen LogP contribution in [0.5, 0.6) is 0 Å². The lowest BCUT2D eigenvalue weighted by atomic mass is 10.2. The molecule has 0 bridgehead atoms. The molecule has 1 unspecified atom stereocenters. The average molecular weight is 215 g/mol. The SMILES string of the molecule is CC(CSc1nnc(N)n1C)C(N)=O. The van der Waals surface area contributed by atoms with E-state index < -0.39 is 0 Å². The van der Waals surface area contributed by atoms with E-state index >= 15 is 0 Å².